The van der Waals surface area contributed by atoms with Crippen molar-refractivity contribution < 1.29 is 4.74 Å². The number of rotatable bonds is 6. The van der Waals surface area contributed by atoms with E-state index in [1.165, 1.54) is 5.69 Å². The maximum Gasteiger partial charge on any atom is 0.0551 e. The lowest BCUT2D eigenvalue weighted by Gasteiger charge is -2.29. The molecule has 0 aliphatic carbocycles. The fourth-order valence-corrected chi connectivity index (χ4v) is 2.99. The first-order valence-corrected chi connectivity index (χ1v) is 7.48. The first-order valence-electron chi connectivity index (χ1n) is 7.48. The zero-order valence-electron chi connectivity index (χ0n) is 12.3. The Bertz CT molecular complexity index is 368. The van der Waals surface area contributed by atoms with Crippen molar-refractivity contribution in [2.75, 3.05) is 13.2 Å². The average Bonchev–Trinajstić information content (AvgIpc) is 2.86. The summed E-state index contributed by atoms with van der Waals surface area (Å²) in [6.45, 7) is 8.59. The Morgan fingerprint density at radius 2 is 2.32 bits per heavy atom. The second kappa shape index (κ2) is 7.01. The molecule has 1 fully saturated rings. The molecule has 0 radical (unpaired) electrons. The lowest BCUT2D eigenvalue weighted by Crippen LogP contribution is -2.41. The summed E-state index contributed by atoms with van der Waals surface area (Å²) in [4.78, 5) is 4.52. The molecule has 106 valence electrons. The van der Waals surface area contributed by atoms with Gasteiger partial charge in [0, 0.05) is 29.8 Å². The number of nitrogens with zero attached hydrogens (tertiary/aromatic N) is 1. The van der Waals surface area contributed by atoms with Gasteiger partial charge in [0.2, 0.25) is 0 Å². The minimum absolute atomic E-state index is 0.395. The quantitative estimate of drug-likeness (QED) is 0.856. The van der Waals surface area contributed by atoms with Crippen LogP contribution in [0.15, 0.2) is 24.4 Å². The van der Waals surface area contributed by atoms with Crippen LogP contribution >= 0.6 is 0 Å². The van der Waals surface area contributed by atoms with Gasteiger partial charge in [0.05, 0.1) is 12.7 Å². The molecular weight excluding hydrogens is 236 g/mol. The Balaban J connectivity index is 2.08. The van der Waals surface area contributed by atoms with Gasteiger partial charge in [0.15, 0.2) is 0 Å². The predicted octanol–water partition coefficient (Wildman–Crippen LogP) is 2.98. The van der Waals surface area contributed by atoms with Gasteiger partial charge in [-0.05, 0) is 38.4 Å². The van der Waals surface area contributed by atoms with E-state index in [9.17, 15) is 0 Å². The highest BCUT2D eigenvalue weighted by molar-refractivity contribution is 5.12. The molecule has 0 amide bonds. The summed E-state index contributed by atoms with van der Waals surface area (Å²) >= 11 is 0. The van der Waals surface area contributed by atoms with Gasteiger partial charge < -0.3 is 10.1 Å². The number of pyridine rings is 1. The lowest BCUT2D eigenvalue weighted by atomic mass is 9.85. The number of hydrogen-bond acceptors (Lipinski definition) is 3. The fraction of sp³-hybridized carbons (Fsp3) is 0.688. The molecule has 19 heavy (non-hydrogen) atoms. The third-order valence-corrected chi connectivity index (χ3v) is 4.06. The monoisotopic (exact) mass is 262 g/mol. The zero-order chi connectivity index (χ0) is 13.7. The summed E-state index contributed by atoms with van der Waals surface area (Å²) in [6.07, 6.45) is 4.59. The molecule has 0 aromatic carbocycles. The van der Waals surface area contributed by atoms with Crippen LogP contribution in [0.3, 0.4) is 0 Å². The first kappa shape index (κ1) is 14.5. The maximum atomic E-state index is 5.75. The Labute approximate surface area is 116 Å². The molecule has 1 aliphatic heterocycles. The predicted molar refractivity (Wildman–Crippen MR) is 78.3 cm³/mol. The van der Waals surface area contributed by atoms with E-state index >= 15 is 0 Å². The van der Waals surface area contributed by atoms with Crippen molar-refractivity contribution in [3.05, 3.63) is 30.1 Å². The molecule has 1 N–H and O–H groups in total. The third-order valence-electron chi connectivity index (χ3n) is 4.06. The summed E-state index contributed by atoms with van der Waals surface area (Å²) in [6, 6.07) is 6.64. The van der Waals surface area contributed by atoms with Gasteiger partial charge in [-0.1, -0.05) is 19.9 Å². The second-order valence-electron chi connectivity index (χ2n) is 5.66. The van der Waals surface area contributed by atoms with Crippen LogP contribution in [0.5, 0.6) is 0 Å². The molecule has 1 aromatic heterocycles. The number of aromatic nitrogens is 1. The summed E-state index contributed by atoms with van der Waals surface area (Å²) < 4.78 is 5.75. The van der Waals surface area contributed by atoms with E-state index < -0.39 is 0 Å². The van der Waals surface area contributed by atoms with Crippen molar-refractivity contribution in [3.63, 3.8) is 0 Å². The van der Waals surface area contributed by atoms with Crippen LogP contribution in [-0.4, -0.2) is 30.3 Å². The van der Waals surface area contributed by atoms with Gasteiger partial charge in [-0.15, -0.1) is 0 Å². The van der Waals surface area contributed by atoms with Gasteiger partial charge in [0.25, 0.3) is 0 Å². The average molecular weight is 262 g/mol. The van der Waals surface area contributed by atoms with E-state index in [2.05, 4.69) is 43.2 Å². The van der Waals surface area contributed by atoms with E-state index in [1.54, 1.807) is 0 Å². The minimum atomic E-state index is 0.395. The van der Waals surface area contributed by atoms with Crippen LogP contribution in [-0.2, 0) is 4.74 Å². The van der Waals surface area contributed by atoms with Crippen LogP contribution in [0.2, 0.25) is 0 Å². The SMILES string of the molecule is CCCNC(C1COC(C)C1)C(C)c1ccccn1. The van der Waals surface area contributed by atoms with Crippen LogP contribution in [0, 0.1) is 5.92 Å². The summed E-state index contributed by atoms with van der Waals surface area (Å²) in [5.74, 6) is 1.02. The van der Waals surface area contributed by atoms with Gasteiger partial charge in [0.1, 0.15) is 0 Å². The Morgan fingerprint density at radius 3 is 2.89 bits per heavy atom. The number of nitrogens with one attached hydrogen (secondary N) is 1. The minimum Gasteiger partial charge on any atom is -0.378 e. The molecular formula is C16H26N2O. The summed E-state index contributed by atoms with van der Waals surface area (Å²) in [7, 11) is 0. The highest BCUT2D eigenvalue weighted by Crippen LogP contribution is 2.30. The van der Waals surface area contributed by atoms with E-state index in [4.69, 9.17) is 4.74 Å². The highest BCUT2D eigenvalue weighted by Gasteiger charge is 2.33. The van der Waals surface area contributed by atoms with Gasteiger partial charge >= 0.3 is 0 Å². The van der Waals surface area contributed by atoms with Crippen molar-refractivity contribution >= 4 is 0 Å². The van der Waals surface area contributed by atoms with E-state index in [0.29, 0.717) is 24.0 Å². The van der Waals surface area contributed by atoms with Crippen LogP contribution < -0.4 is 5.32 Å². The van der Waals surface area contributed by atoms with Crippen molar-refractivity contribution in [1.29, 1.82) is 0 Å². The molecule has 3 heteroatoms. The highest BCUT2D eigenvalue weighted by atomic mass is 16.5. The molecule has 1 saturated heterocycles. The summed E-state index contributed by atoms with van der Waals surface area (Å²) in [5.41, 5.74) is 1.18. The molecule has 2 heterocycles. The molecule has 1 aromatic rings. The lowest BCUT2D eigenvalue weighted by molar-refractivity contribution is 0.115. The molecule has 4 atom stereocenters. The van der Waals surface area contributed by atoms with Crippen molar-refractivity contribution in [3.8, 4) is 0 Å². The third kappa shape index (κ3) is 3.77. The molecule has 0 saturated carbocycles. The van der Waals surface area contributed by atoms with Crippen LogP contribution in [0.25, 0.3) is 0 Å². The van der Waals surface area contributed by atoms with Crippen molar-refractivity contribution in [1.82, 2.24) is 10.3 Å². The molecule has 4 unspecified atom stereocenters. The van der Waals surface area contributed by atoms with Gasteiger partial charge in [-0.2, -0.15) is 0 Å². The maximum absolute atomic E-state index is 5.75. The normalized spacial score (nSPS) is 26.3. The second-order valence-corrected chi connectivity index (χ2v) is 5.66. The summed E-state index contributed by atoms with van der Waals surface area (Å²) in [5, 5.41) is 3.71. The number of ether oxygens (including phenoxy) is 1. The molecule has 0 bridgehead atoms. The Morgan fingerprint density at radius 1 is 1.47 bits per heavy atom. The van der Waals surface area contributed by atoms with Gasteiger partial charge in [-0.3, -0.25) is 4.98 Å². The van der Waals surface area contributed by atoms with E-state index in [-0.39, 0.29) is 0 Å². The van der Waals surface area contributed by atoms with E-state index in [1.807, 2.05) is 12.3 Å². The standard InChI is InChI=1S/C16H26N2O/c1-4-8-18-16(14-10-12(2)19-11-14)13(3)15-7-5-6-9-17-15/h5-7,9,12-14,16,18H,4,8,10-11H2,1-3H3. The first-order chi connectivity index (χ1) is 9.22. The Kier molecular flexibility index (Phi) is 5.34. The fourth-order valence-electron chi connectivity index (χ4n) is 2.99. The van der Waals surface area contributed by atoms with Crippen LogP contribution in [0.1, 0.15) is 45.2 Å². The van der Waals surface area contributed by atoms with E-state index in [0.717, 1.165) is 26.0 Å². The largest absolute Gasteiger partial charge is 0.378 e. The Hall–Kier alpha value is -0.930. The topological polar surface area (TPSA) is 34.1 Å². The molecule has 2 rings (SSSR count). The molecule has 3 nitrogen and oxygen atoms in total. The number of hydrogen-bond donors (Lipinski definition) is 1. The molecule has 1 aliphatic rings. The zero-order valence-corrected chi connectivity index (χ0v) is 12.3. The molecule has 0 spiro atoms. The van der Waals surface area contributed by atoms with Crippen LogP contribution in [0.4, 0.5) is 0 Å². The van der Waals surface area contributed by atoms with Crippen molar-refractivity contribution in [2.45, 2.75) is 51.7 Å². The van der Waals surface area contributed by atoms with Crippen molar-refractivity contribution in [2.24, 2.45) is 5.92 Å². The van der Waals surface area contributed by atoms with Gasteiger partial charge in [-0.25, -0.2) is 0 Å². The smallest absolute Gasteiger partial charge is 0.0551 e.